The Hall–Kier alpha value is -1.19. The summed E-state index contributed by atoms with van der Waals surface area (Å²) < 4.78 is 10.6. The van der Waals surface area contributed by atoms with Crippen LogP contribution in [0.1, 0.15) is 18.6 Å². The van der Waals surface area contributed by atoms with Crippen LogP contribution < -0.4 is 9.47 Å². The zero-order chi connectivity index (χ0) is 12.0. The summed E-state index contributed by atoms with van der Waals surface area (Å²) in [6.45, 7) is 2.04. The third-order valence-electron chi connectivity index (χ3n) is 2.09. The van der Waals surface area contributed by atoms with Gasteiger partial charge in [0.1, 0.15) is 18.1 Å². The van der Waals surface area contributed by atoms with E-state index in [2.05, 4.69) is 0 Å². The molecule has 0 aromatic heterocycles. The van der Waals surface area contributed by atoms with Gasteiger partial charge in [-0.15, -0.1) is 0 Å². The maximum Gasteiger partial charge on any atom is 0.129 e. The van der Waals surface area contributed by atoms with Gasteiger partial charge >= 0.3 is 0 Å². The lowest BCUT2D eigenvalue weighted by atomic mass is 10.1. The van der Waals surface area contributed by atoms with Gasteiger partial charge < -0.3 is 14.6 Å². The van der Waals surface area contributed by atoms with Crippen molar-refractivity contribution < 1.29 is 14.6 Å². The lowest BCUT2D eigenvalue weighted by molar-refractivity contribution is 0.192. The van der Waals surface area contributed by atoms with Crippen LogP contribution in [-0.4, -0.2) is 18.8 Å². The molecule has 0 aliphatic heterocycles. The minimum Gasteiger partial charge on any atom is -0.497 e. The number of hydrogen-bond donors (Lipinski definition) is 1. The lowest BCUT2D eigenvalue weighted by Crippen LogP contribution is -2.01. The van der Waals surface area contributed by atoms with E-state index in [-0.39, 0.29) is 0 Å². The van der Waals surface area contributed by atoms with Crippen molar-refractivity contribution in [2.24, 2.45) is 0 Å². The Morgan fingerprint density at radius 3 is 2.81 bits per heavy atom. The molecule has 0 aliphatic carbocycles. The summed E-state index contributed by atoms with van der Waals surface area (Å²) in [4.78, 5) is 0. The molecule has 0 bridgehead atoms. The predicted molar refractivity (Wildman–Crippen MR) is 64.1 cm³/mol. The molecule has 0 fully saturated rings. The van der Waals surface area contributed by atoms with Gasteiger partial charge in [0.2, 0.25) is 0 Å². The second-order valence-corrected chi connectivity index (χ2v) is 3.50. The summed E-state index contributed by atoms with van der Waals surface area (Å²) in [5.41, 5.74) is 2.12. The highest BCUT2D eigenvalue weighted by Crippen LogP contribution is 2.29. The second-order valence-electron chi connectivity index (χ2n) is 3.25. The standard InChI is InChI=1S/C12H15ClO3/c1-9(14)11-5-4-10(15-2)8-12(11)16-7-3-6-13/h3-6,8-9,14H,7H2,1-2H3/b6-3+. The smallest absolute Gasteiger partial charge is 0.129 e. The number of rotatable bonds is 5. The molecular formula is C12H15ClO3. The van der Waals surface area contributed by atoms with Crippen molar-refractivity contribution in [3.05, 3.63) is 35.4 Å². The van der Waals surface area contributed by atoms with Crippen molar-refractivity contribution in [2.75, 3.05) is 13.7 Å². The number of hydrogen-bond acceptors (Lipinski definition) is 3. The van der Waals surface area contributed by atoms with E-state index in [0.29, 0.717) is 18.1 Å². The molecule has 0 radical (unpaired) electrons. The molecule has 0 saturated carbocycles. The van der Waals surface area contributed by atoms with E-state index < -0.39 is 6.10 Å². The van der Waals surface area contributed by atoms with Gasteiger partial charge in [-0.1, -0.05) is 11.6 Å². The van der Waals surface area contributed by atoms with E-state index in [9.17, 15) is 5.11 Å². The molecule has 1 atom stereocenters. The Morgan fingerprint density at radius 1 is 1.50 bits per heavy atom. The van der Waals surface area contributed by atoms with E-state index in [4.69, 9.17) is 21.1 Å². The number of benzene rings is 1. The molecule has 4 heteroatoms. The van der Waals surface area contributed by atoms with Gasteiger partial charge in [0.15, 0.2) is 0 Å². The van der Waals surface area contributed by atoms with E-state index in [1.807, 2.05) is 0 Å². The highest BCUT2D eigenvalue weighted by Gasteiger charge is 2.09. The highest BCUT2D eigenvalue weighted by molar-refractivity contribution is 6.25. The van der Waals surface area contributed by atoms with E-state index >= 15 is 0 Å². The lowest BCUT2D eigenvalue weighted by Gasteiger charge is -2.13. The first-order chi connectivity index (χ1) is 7.69. The molecule has 0 heterocycles. The van der Waals surface area contributed by atoms with Crippen LogP contribution in [0.4, 0.5) is 0 Å². The van der Waals surface area contributed by atoms with E-state index in [0.717, 1.165) is 5.56 Å². The molecule has 1 unspecified atom stereocenters. The van der Waals surface area contributed by atoms with Crippen molar-refractivity contribution in [3.8, 4) is 11.5 Å². The summed E-state index contributed by atoms with van der Waals surface area (Å²) in [5, 5.41) is 9.56. The van der Waals surface area contributed by atoms with E-state index in [1.165, 1.54) is 5.54 Å². The van der Waals surface area contributed by atoms with Crippen LogP contribution >= 0.6 is 11.6 Å². The minimum atomic E-state index is -0.583. The quantitative estimate of drug-likeness (QED) is 0.863. The molecule has 0 aliphatic rings. The summed E-state index contributed by atoms with van der Waals surface area (Å²) in [5.74, 6) is 1.29. The Labute approximate surface area is 100 Å². The first kappa shape index (κ1) is 12.9. The van der Waals surface area contributed by atoms with Gasteiger partial charge in [0, 0.05) is 17.2 Å². The zero-order valence-corrected chi connectivity index (χ0v) is 10.1. The fourth-order valence-corrected chi connectivity index (χ4v) is 1.36. The van der Waals surface area contributed by atoms with Crippen LogP contribution in [0, 0.1) is 0 Å². The number of methoxy groups -OCH3 is 1. The first-order valence-corrected chi connectivity index (χ1v) is 5.36. The molecule has 3 nitrogen and oxygen atoms in total. The van der Waals surface area contributed by atoms with Crippen LogP contribution in [0.5, 0.6) is 11.5 Å². The van der Waals surface area contributed by atoms with Gasteiger partial charge in [0.05, 0.1) is 13.2 Å². The molecule has 1 N–H and O–H groups in total. The fourth-order valence-electron chi connectivity index (χ4n) is 1.29. The molecule has 0 spiro atoms. The predicted octanol–water partition coefficient (Wildman–Crippen LogP) is 2.88. The summed E-state index contributed by atoms with van der Waals surface area (Å²) in [7, 11) is 1.58. The number of aliphatic hydroxyl groups is 1. The second kappa shape index (κ2) is 6.40. The topological polar surface area (TPSA) is 38.7 Å². The number of aliphatic hydroxyl groups excluding tert-OH is 1. The summed E-state index contributed by atoms with van der Waals surface area (Å²) in [6.07, 6.45) is 1.09. The molecule has 16 heavy (non-hydrogen) atoms. The Kier molecular flexibility index (Phi) is 5.15. The Morgan fingerprint density at radius 2 is 2.25 bits per heavy atom. The first-order valence-electron chi connectivity index (χ1n) is 4.93. The van der Waals surface area contributed by atoms with Gasteiger partial charge in [-0.3, -0.25) is 0 Å². The van der Waals surface area contributed by atoms with Crippen molar-refractivity contribution in [1.29, 1.82) is 0 Å². The molecule has 0 saturated heterocycles. The van der Waals surface area contributed by atoms with Crippen molar-refractivity contribution in [1.82, 2.24) is 0 Å². The summed E-state index contributed by atoms with van der Waals surface area (Å²) in [6, 6.07) is 5.31. The van der Waals surface area contributed by atoms with Crippen LogP contribution in [0.2, 0.25) is 0 Å². The fraction of sp³-hybridized carbons (Fsp3) is 0.333. The Balaban J connectivity index is 2.91. The Bertz CT molecular complexity index is 361. The van der Waals surface area contributed by atoms with Crippen LogP contribution in [0.15, 0.2) is 29.8 Å². The monoisotopic (exact) mass is 242 g/mol. The van der Waals surface area contributed by atoms with Crippen molar-refractivity contribution >= 4 is 11.6 Å². The zero-order valence-electron chi connectivity index (χ0n) is 9.31. The average Bonchev–Trinajstić information content (AvgIpc) is 2.29. The van der Waals surface area contributed by atoms with Crippen molar-refractivity contribution in [3.63, 3.8) is 0 Å². The molecule has 1 rings (SSSR count). The van der Waals surface area contributed by atoms with E-state index in [1.54, 1.807) is 38.3 Å². The van der Waals surface area contributed by atoms with Gasteiger partial charge in [0.25, 0.3) is 0 Å². The minimum absolute atomic E-state index is 0.358. The van der Waals surface area contributed by atoms with Gasteiger partial charge in [-0.05, 0) is 25.1 Å². The van der Waals surface area contributed by atoms with Crippen LogP contribution in [0.25, 0.3) is 0 Å². The third-order valence-corrected chi connectivity index (χ3v) is 2.27. The van der Waals surface area contributed by atoms with Gasteiger partial charge in [-0.25, -0.2) is 0 Å². The van der Waals surface area contributed by atoms with Crippen LogP contribution in [0.3, 0.4) is 0 Å². The maximum atomic E-state index is 9.56. The third kappa shape index (κ3) is 3.43. The molecule has 1 aromatic carbocycles. The molecule has 0 amide bonds. The van der Waals surface area contributed by atoms with Gasteiger partial charge in [-0.2, -0.15) is 0 Å². The van der Waals surface area contributed by atoms with Crippen LogP contribution in [-0.2, 0) is 0 Å². The molecule has 88 valence electrons. The molecule has 1 aromatic rings. The molecular weight excluding hydrogens is 228 g/mol. The number of ether oxygens (including phenoxy) is 2. The van der Waals surface area contributed by atoms with Crippen molar-refractivity contribution in [2.45, 2.75) is 13.0 Å². The average molecular weight is 243 g/mol. The maximum absolute atomic E-state index is 9.56. The largest absolute Gasteiger partial charge is 0.497 e. The normalized spacial score (nSPS) is 12.8. The highest BCUT2D eigenvalue weighted by atomic mass is 35.5. The SMILES string of the molecule is COc1ccc(C(C)O)c(OC/C=C/Cl)c1. The summed E-state index contributed by atoms with van der Waals surface area (Å²) >= 11 is 5.39. The number of halogens is 1.